The number of thioether (sulfide) groups is 1. The summed E-state index contributed by atoms with van der Waals surface area (Å²) in [5, 5.41) is 12.5. The molecule has 0 fully saturated rings. The molecule has 3 rings (SSSR count). The molecule has 9 heteroatoms. The number of benzene rings is 2. The Morgan fingerprint density at radius 3 is 2.62 bits per heavy atom. The van der Waals surface area contributed by atoms with E-state index in [-0.39, 0.29) is 11.7 Å². The van der Waals surface area contributed by atoms with E-state index in [9.17, 15) is 4.79 Å². The standard InChI is InChI=1S/C17H13Br2ClN4OS/c1-24-16(10-2-4-11(18)5-3-10)22-23-17(24)26-9-15(25)21-12-6-7-14(20)13(19)8-12/h2-8H,9H2,1H3,(H,21,25). The number of nitrogens with one attached hydrogen (secondary N) is 1. The van der Waals surface area contributed by atoms with Gasteiger partial charge in [-0.05, 0) is 46.3 Å². The van der Waals surface area contributed by atoms with Crippen LogP contribution in [0.15, 0.2) is 56.6 Å². The van der Waals surface area contributed by atoms with E-state index in [1.165, 1.54) is 11.8 Å². The van der Waals surface area contributed by atoms with E-state index >= 15 is 0 Å². The SMILES string of the molecule is Cn1c(SCC(=O)Nc2ccc(Cl)c(Br)c2)nnc1-c1ccc(Br)cc1. The van der Waals surface area contributed by atoms with Gasteiger partial charge in [-0.3, -0.25) is 4.79 Å². The van der Waals surface area contributed by atoms with Gasteiger partial charge in [0.15, 0.2) is 11.0 Å². The molecular weight excluding hydrogens is 504 g/mol. The number of hydrogen-bond acceptors (Lipinski definition) is 4. The number of nitrogens with zero attached hydrogens (tertiary/aromatic N) is 3. The second-order valence-electron chi connectivity index (χ2n) is 5.34. The van der Waals surface area contributed by atoms with Crippen LogP contribution in [-0.4, -0.2) is 26.4 Å². The van der Waals surface area contributed by atoms with Crippen LogP contribution in [0.5, 0.6) is 0 Å². The van der Waals surface area contributed by atoms with Crippen molar-refractivity contribution in [3.63, 3.8) is 0 Å². The predicted octanol–water partition coefficient (Wildman–Crippen LogP) is 5.39. The minimum atomic E-state index is -0.127. The van der Waals surface area contributed by atoms with Crippen LogP contribution in [0.1, 0.15) is 0 Å². The maximum atomic E-state index is 12.2. The summed E-state index contributed by atoms with van der Waals surface area (Å²) < 4.78 is 3.61. The highest BCUT2D eigenvalue weighted by Crippen LogP contribution is 2.26. The first kappa shape index (κ1) is 19.4. The monoisotopic (exact) mass is 514 g/mol. The van der Waals surface area contributed by atoms with Gasteiger partial charge >= 0.3 is 0 Å². The van der Waals surface area contributed by atoms with Gasteiger partial charge in [-0.25, -0.2) is 0 Å². The Bertz CT molecular complexity index is 946. The zero-order chi connectivity index (χ0) is 18.7. The predicted molar refractivity (Wildman–Crippen MR) is 113 cm³/mol. The van der Waals surface area contributed by atoms with Crippen molar-refractivity contribution in [1.29, 1.82) is 0 Å². The van der Waals surface area contributed by atoms with E-state index in [0.29, 0.717) is 15.9 Å². The van der Waals surface area contributed by atoms with Crippen molar-refractivity contribution < 1.29 is 4.79 Å². The molecule has 0 aliphatic rings. The van der Waals surface area contributed by atoms with Gasteiger partial charge in [0.1, 0.15) is 0 Å². The third-order valence-corrected chi connectivity index (χ3v) is 6.24. The highest BCUT2D eigenvalue weighted by molar-refractivity contribution is 9.10. The van der Waals surface area contributed by atoms with Crippen LogP contribution in [0.2, 0.25) is 5.02 Å². The molecule has 0 unspecified atom stereocenters. The lowest BCUT2D eigenvalue weighted by molar-refractivity contribution is -0.113. The van der Waals surface area contributed by atoms with Gasteiger partial charge in [-0.2, -0.15) is 0 Å². The van der Waals surface area contributed by atoms with Crippen LogP contribution in [-0.2, 0) is 11.8 Å². The van der Waals surface area contributed by atoms with Gasteiger partial charge in [0.05, 0.1) is 10.8 Å². The van der Waals surface area contributed by atoms with E-state index in [1.807, 2.05) is 35.9 Å². The van der Waals surface area contributed by atoms with E-state index in [0.717, 1.165) is 20.3 Å². The van der Waals surface area contributed by atoms with Crippen molar-refractivity contribution in [3.8, 4) is 11.4 Å². The topological polar surface area (TPSA) is 59.8 Å². The summed E-state index contributed by atoms with van der Waals surface area (Å²) in [5.41, 5.74) is 1.64. The molecule has 1 aromatic heterocycles. The number of amides is 1. The summed E-state index contributed by atoms with van der Waals surface area (Å²) >= 11 is 14.0. The molecule has 26 heavy (non-hydrogen) atoms. The Morgan fingerprint density at radius 1 is 1.19 bits per heavy atom. The summed E-state index contributed by atoms with van der Waals surface area (Å²) in [6.45, 7) is 0. The van der Waals surface area contributed by atoms with Gasteiger partial charge < -0.3 is 9.88 Å². The summed E-state index contributed by atoms with van der Waals surface area (Å²) in [4.78, 5) is 12.2. The molecule has 0 radical (unpaired) electrons. The van der Waals surface area contributed by atoms with Gasteiger partial charge in [-0.15, -0.1) is 10.2 Å². The molecule has 0 bridgehead atoms. The molecule has 0 aliphatic carbocycles. The van der Waals surface area contributed by atoms with Crippen molar-refractivity contribution in [2.45, 2.75) is 5.16 Å². The largest absolute Gasteiger partial charge is 0.325 e. The van der Waals surface area contributed by atoms with Gasteiger partial charge in [0.25, 0.3) is 0 Å². The molecule has 2 aromatic carbocycles. The Labute approximate surface area is 176 Å². The first-order valence-corrected chi connectivity index (χ1v) is 10.4. The molecular formula is C17H13Br2ClN4OS. The van der Waals surface area contributed by atoms with Crippen LogP contribution in [0.25, 0.3) is 11.4 Å². The van der Waals surface area contributed by atoms with Gasteiger partial charge in [0, 0.05) is 27.2 Å². The summed E-state index contributed by atoms with van der Waals surface area (Å²) in [7, 11) is 1.88. The second kappa shape index (κ2) is 8.56. The van der Waals surface area contributed by atoms with Crippen molar-refractivity contribution in [2.75, 3.05) is 11.1 Å². The maximum absolute atomic E-state index is 12.2. The number of carbonyl (C=O) groups excluding carboxylic acids is 1. The highest BCUT2D eigenvalue weighted by atomic mass is 79.9. The minimum Gasteiger partial charge on any atom is -0.325 e. The molecule has 1 heterocycles. The van der Waals surface area contributed by atoms with Crippen molar-refractivity contribution >= 4 is 66.8 Å². The Kier molecular flexibility index (Phi) is 6.39. The molecule has 0 spiro atoms. The van der Waals surface area contributed by atoms with E-state index < -0.39 is 0 Å². The van der Waals surface area contributed by atoms with Crippen molar-refractivity contribution in [3.05, 3.63) is 56.4 Å². The Morgan fingerprint density at radius 2 is 1.92 bits per heavy atom. The van der Waals surface area contributed by atoms with E-state index in [4.69, 9.17) is 11.6 Å². The van der Waals surface area contributed by atoms with Gasteiger partial charge in [-0.1, -0.05) is 51.4 Å². The first-order valence-electron chi connectivity index (χ1n) is 7.47. The van der Waals surface area contributed by atoms with Crippen LogP contribution in [0.3, 0.4) is 0 Å². The lowest BCUT2D eigenvalue weighted by Crippen LogP contribution is -2.14. The quantitative estimate of drug-likeness (QED) is 0.462. The summed E-state index contributed by atoms with van der Waals surface area (Å²) in [5.74, 6) is 0.853. The lowest BCUT2D eigenvalue weighted by atomic mass is 10.2. The fourth-order valence-electron chi connectivity index (χ4n) is 2.19. The fourth-order valence-corrected chi connectivity index (χ4v) is 3.66. The zero-order valence-corrected chi connectivity index (χ0v) is 18.3. The van der Waals surface area contributed by atoms with Crippen molar-refractivity contribution in [1.82, 2.24) is 14.8 Å². The Hall–Kier alpha value is -1.35. The molecule has 0 saturated carbocycles. The number of aromatic nitrogens is 3. The number of halogens is 3. The summed E-state index contributed by atoms with van der Waals surface area (Å²) in [6.07, 6.45) is 0. The van der Waals surface area contributed by atoms with Crippen LogP contribution >= 0.6 is 55.2 Å². The molecule has 0 aliphatic heterocycles. The normalized spacial score (nSPS) is 10.8. The van der Waals surface area contributed by atoms with E-state index in [1.54, 1.807) is 18.2 Å². The molecule has 5 nitrogen and oxygen atoms in total. The average Bonchev–Trinajstić information content (AvgIpc) is 2.98. The van der Waals surface area contributed by atoms with Crippen LogP contribution in [0, 0.1) is 0 Å². The average molecular weight is 517 g/mol. The number of hydrogen-bond donors (Lipinski definition) is 1. The third kappa shape index (κ3) is 4.68. The highest BCUT2D eigenvalue weighted by Gasteiger charge is 2.13. The number of anilines is 1. The smallest absolute Gasteiger partial charge is 0.234 e. The fraction of sp³-hybridized carbons (Fsp3) is 0.118. The number of carbonyl (C=O) groups is 1. The maximum Gasteiger partial charge on any atom is 0.234 e. The van der Waals surface area contributed by atoms with Gasteiger partial charge in [0.2, 0.25) is 5.91 Å². The lowest BCUT2D eigenvalue weighted by Gasteiger charge is -2.07. The number of rotatable bonds is 5. The molecule has 134 valence electrons. The van der Waals surface area contributed by atoms with Crippen LogP contribution in [0.4, 0.5) is 5.69 Å². The molecule has 3 aromatic rings. The third-order valence-electron chi connectivity index (χ3n) is 3.47. The first-order chi connectivity index (χ1) is 12.4. The Balaban J connectivity index is 1.63. The molecule has 1 N–H and O–H groups in total. The molecule has 0 atom stereocenters. The minimum absolute atomic E-state index is 0.127. The zero-order valence-electron chi connectivity index (χ0n) is 13.5. The van der Waals surface area contributed by atoms with Crippen molar-refractivity contribution in [2.24, 2.45) is 7.05 Å². The van der Waals surface area contributed by atoms with Crippen LogP contribution < -0.4 is 5.32 Å². The van der Waals surface area contributed by atoms with E-state index in [2.05, 4.69) is 47.4 Å². The second-order valence-corrected chi connectivity index (χ2v) is 8.46. The summed E-state index contributed by atoms with van der Waals surface area (Å²) in [6, 6.07) is 13.1. The molecule has 0 saturated heterocycles. The molecule has 1 amide bonds.